The second-order valence-corrected chi connectivity index (χ2v) is 4.31. The van der Waals surface area contributed by atoms with Gasteiger partial charge in [-0.15, -0.1) is 0 Å². The molecule has 1 N–H and O–H groups in total. The van der Waals surface area contributed by atoms with Crippen molar-refractivity contribution in [3.8, 4) is 5.88 Å². The number of pyridine rings is 1. The predicted octanol–water partition coefficient (Wildman–Crippen LogP) is 1.45. The maximum absolute atomic E-state index is 5.11. The van der Waals surface area contributed by atoms with Crippen molar-refractivity contribution in [2.24, 2.45) is 0 Å². The van der Waals surface area contributed by atoms with Gasteiger partial charge in [0.2, 0.25) is 5.88 Å². The maximum atomic E-state index is 5.11. The summed E-state index contributed by atoms with van der Waals surface area (Å²) < 4.78 is 6.78. The molecule has 3 aromatic heterocycles. The van der Waals surface area contributed by atoms with Crippen LogP contribution < -0.4 is 10.1 Å². The van der Waals surface area contributed by atoms with Gasteiger partial charge in [0, 0.05) is 30.6 Å². The number of aromatic nitrogens is 5. The fourth-order valence-corrected chi connectivity index (χ4v) is 1.92. The van der Waals surface area contributed by atoms with Gasteiger partial charge in [0.1, 0.15) is 12.1 Å². The summed E-state index contributed by atoms with van der Waals surface area (Å²) in [7, 11) is 1.60. The van der Waals surface area contributed by atoms with Crippen LogP contribution >= 0.6 is 0 Å². The molecule has 3 heterocycles. The largest absolute Gasteiger partial charge is 0.481 e. The van der Waals surface area contributed by atoms with Crippen LogP contribution in [0.15, 0.2) is 30.7 Å². The van der Waals surface area contributed by atoms with Crippen LogP contribution in [0.1, 0.15) is 11.3 Å². The summed E-state index contributed by atoms with van der Waals surface area (Å²) in [4.78, 5) is 12.5. The van der Waals surface area contributed by atoms with Gasteiger partial charge in [-0.05, 0) is 18.6 Å². The van der Waals surface area contributed by atoms with E-state index in [1.807, 2.05) is 25.1 Å². The Bertz CT molecular complexity index is 739. The Morgan fingerprint density at radius 3 is 3.05 bits per heavy atom. The van der Waals surface area contributed by atoms with E-state index < -0.39 is 0 Å². The number of ether oxygens (including phenoxy) is 1. The van der Waals surface area contributed by atoms with E-state index in [0.717, 1.165) is 17.1 Å². The van der Waals surface area contributed by atoms with E-state index in [1.165, 1.54) is 6.33 Å². The van der Waals surface area contributed by atoms with Crippen molar-refractivity contribution in [2.45, 2.75) is 13.5 Å². The Hall–Kier alpha value is -2.70. The smallest absolute Gasteiger partial charge is 0.254 e. The lowest BCUT2D eigenvalue weighted by Gasteiger charge is -2.09. The Morgan fingerprint density at radius 1 is 1.30 bits per heavy atom. The van der Waals surface area contributed by atoms with Gasteiger partial charge in [0.25, 0.3) is 5.78 Å². The Balaban J connectivity index is 1.84. The van der Waals surface area contributed by atoms with Crippen LogP contribution in [0.2, 0.25) is 0 Å². The summed E-state index contributed by atoms with van der Waals surface area (Å²) in [6.07, 6.45) is 3.21. The van der Waals surface area contributed by atoms with Crippen LogP contribution in [0.25, 0.3) is 5.78 Å². The van der Waals surface area contributed by atoms with Gasteiger partial charge in [-0.1, -0.05) is 0 Å². The van der Waals surface area contributed by atoms with Gasteiger partial charge in [-0.3, -0.25) is 0 Å². The number of aryl methyl sites for hydroxylation is 1. The molecule has 102 valence electrons. The van der Waals surface area contributed by atoms with Crippen LogP contribution in [-0.2, 0) is 6.54 Å². The number of anilines is 1. The maximum Gasteiger partial charge on any atom is 0.254 e. The van der Waals surface area contributed by atoms with Gasteiger partial charge in [0.15, 0.2) is 0 Å². The topological polar surface area (TPSA) is 77.2 Å². The first-order chi connectivity index (χ1) is 9.76. The first kappa shape index (κ1) is 12.3. The van der Waals surface area contributed by atoms with Gasteiger partial charge >= 0.3 is 0 Å². The number of fused-ring (bicyclic) bond motifs is 1. The number of hydrogen-bond donors (Lipinski definition) is 1. The van der Waals surface area contributed by atoms with E-state index in [0.29, 0.717) is 18.2 Å². The summed E-state index contributed by atoms with van der Waals surface area (Å²) in [5.74, 6) is 2.03. The first-order valence-corrected chi connectivity index (χ1v) is 6.16. The third-order valence-electron chi connectivity index (χ3n) is 2.86. The fraction of sp³-hybridized carbons (Fsp3) is 0.231. The minimum absolute atomic E-state index is 0.583. The Kier molecular flexibility index (Phi) is 3.16. The van der Waals surface area contributed by atoms with Gasteiger partial charge in [-0.25, -0.2) is 9.97 Å². The van der Waals surface area contributed by atoms with Crippen molar-refractivity contribution in [1.29, 1.82) is 0 Å². The molecule has 0 spiro atoms. The molecule has 0 fully saturated rings. The van der Waals surface area contributed by atoms with E-state index in [9.17, 15) is 0 Å². The number of nitrogens with one attached hydrogen (secondary N) is 1. The molecule has 3 rings (SSSR count). The molecule has 3 aromatic rings. The highest BCUT2D eigenvalue weighted by molar-refractivity contribution is 5.45. The van der Waals surface area contributed by atoms with Crippen molar-refractivity contribution in [3.05, 3.63) is 42.0 Å². The van der Waals surface area contributed by atoms with Gasteiger partial charge in [0.05, 0.1) is 7.11 Å². The molecule has 7 nitrogen and oxygen atoms in total. The minimum atomic E-state index is 0.583. The quantitative estimate of drug-likeness (QED) is 0.773. The predicted molar refractivity (Wildman–Crippen MR) is 73.6 cm³/mol. The number of rotatable bonds is 4. The highest BCUT2D eigenvalue weighted by Crippen LogP contribution is 2.13. The molecule has 0 atom stereocenters. The third-order valence-corrected chi connectivity index (χ3v) is 2.86. The van der Waals surface area contributed by atoms with Crippen molar-refractivity contribution >= 4 is 11.6 Å². The summed E-state index contributed by atoms with van der Waals surface area (Å²) in [6, 6.07) is 5.75. The lowest BCUT2D eigenvalue weighted by molar-refractivity contribution is 0.397. The van der Waals surface area contributed by atoms with Gasteiger partial charge in [-0.2, -0.15) is 14.6 Å². The van der Waals surface area contributed by atoms with Crippen molar-refractivity contribution in [3.63, 3.8) is 0 Å². The highest BCUT2D eigenvalue weighted by atomic mass is 16.5. The first-order valence-electron chi connectivity index (χ1n) is 6.16. The molecular weight excluding hydrogens is 256 g/mol. The molecule has 7 heteroatoms. The zero-order valence-electron chi connectivity index (χ0n) is 11.2. The van der Waals surface area contributed by atoms with Crippen LogP contribution in [0.5, 0.6) is 5.88 Å². The zero-order chi connectivity index (χ0) is 13.9. The monoisotopic (exact) mass is 270 g/mol. The molecule has 0 aromatic carbocycles. The second kappa shape index (κ2) is 5.12. The van der Waals surface area contributed by atoms with Crippen LogP contribution in [-0.4, -0.2) is 31.7 Å². The molecule has 0 saturated carbocycles. The summed E-state index contributed by atoms with van der Waals surface area (Å²) in [5.41, 5.74) is 1.96. The number of nitrogens with zero attached hydrogens (tertiary/aromatic N) is 5. The molecule has 0 bridgehead atoms. The SMILES string of the molecule is COc1cc(CNc2cc(C)nc3ncnn23)ccn1. The molecule has 0 aliphatic carbocycles. The summed E-state index contributed by atoms with van der Waals surface area (Å²) in [6.45, 7) is 2.56. The normalized spacial score (nSPS) is 10.7. The Labute approximate surface area is 115 Å². The molecule has 0 radical (unpaired) electrons. The van der Waals surface area contributed by atoms with E-state index >= 15 is 0 Å². The van der Waals surface area contributed by atoms with Gasteiger partial charge < -0.3 is 10.1 Å². The molecule has 0 saturated heterocycles. The standard InChI is InChI=1S/C13H14N6O/c1-9-5-11(19-13(18-9)16-8-17-19)15-7-10-3-4-14-12(6-10)20-2/h3-6,8,15H,7H2,1-2H3. The van der Waals surface area contributed by atoms with Crippen LogP contribution in [0.3, 0.4) is 0 Å². The minimum Gasteiger partial charge on any atom is -0.481 e. The van der Waals surface area contributed by atoms with E-state index in [-0.39, 0.29) is 0 Å². The summed E-state index contributed by atoms with van der Waals surface area (Å²) in [5, 5.41) is 7.47. The molecule has 0 aliphatic rings. The van der Waals surface area contributed by atoms with Crippen LogP contribution in [0, 0.1) is 6.92 Å². The lowest BCUT2D eigenvalue weighted by Crippen LogP contribution is -2.07. The van der Waals surface area contributed by atoms with Crippen LogP contribution in [0.4, 0.5) is 5.82 Å². The fourth-order valence-electron chi connectivity index (χ4n) is 1.92. The average molecular weight is 270 g/mol. The zero-order valence-corrected chi connectivity index (χ0v) is 11.2. The van der Waals surface area contributed by atoms with Crippen molar-refractivity contribution in [2.75, 3.05) is 12.4 Å². The van der Waals surface area contributed by atoms with Crippen molar-refractivity contribution < 1.29 is 4.74 Å². The molecular formula is C13H14N6O. The molecule has 0 amide bonds. The summed E-state index contributed by atoms with van der Waals surface area (Å²) >= 11 is 0. The van der Waals surface area contributed by atoms with E-state index in [2.05, 4.69) is 25.4 Å². The molecule has 0 aliphatic heterocycles. The Morgan fingerprint density at radius 2 is 2.20 bits per heavy atom. The average Bonchev–Trinajstić information content (AvgIpc) is 2.93. The number of methoxy groups -OCH3 is 1. The van der Waals surface area contributed by atoms with E-state index in [4.69, 9.17) is 4.74 Å². The molecule has 0 unspecified atom stereocenters. The lowest BCUT2D eigenvalue weighted by atomic mass is 10.2. The third kappa shape index (κ3) is 2.37. The highest BCUT2D eigenvalue weighted by Gasteiger charge is 2.05. The second-order valence-electron chi connectivity index (χ2n) is 4.31. The molecule has 20 heavy (non-hydrogen) atoms. The number of hydrogen-bond acceptors (Lipinski definition) is 6. The van der Waals surface area contributed by atoms with Crippen molar-refractivity contribution in [1.82, 2.24) is 24.6 Å². The van der Waals surface area contributed by atoms with E-state index in [1.54, 1.807) is 17.8 Å².